The van der Waals surface area contributed by atoms with E-state index in [0.717, 1.165) is 32.5 Å². The Morgan fingerprint density at radius 3 is 2.41 bits per heavy atom. The summed E-state index contributed by atoms with van der Waals surface area (Å²) in [5.74, 6) is -0.646. The second-order valence-corrected chi connectivity index (χ2v) is 7.14. The fraction of sp³-hybridized carbons (Fsp3) is 0.600. The SMILES string of the molecule is CCN(CC(=O)O)C1CCN(CC(=O)N(C)Cc2ccccc2C)CC1.Cl. The van der Waals surface area contributed by atoms with E-state index < -0.39 is 5.97 Å². The molecule has 1 N–H and O–H groups in total. The summed E-state index contributed by atoms with van der Waals surface area (Å²) >= 11 is 0. The minimum Gasteiger partial charge on any atom is -0.480 e. The van der Waals surface area contributed by atoms with Crippen molar-refractivity contribution < 1.29 is 14.7 Å². The van der Waals surface area contributed by atoms with E-state index >= 15 is 0 Å². The van der Waals surface area contributed by atoms with Gasteiger partial charge in [-0.05, 0) is 37.4 Å². The van der Waals surface area contributed by atoms with Gasteiger partial charge in [-0.1, -0.05) is 31.2 Å². The molecule has 1 aromatic carbocycles. The lowest BCUT2D eigenvalue weighted by atomic mass is 10.0. The van der Waals surface area contributed by atoms with E-state index in [1.807, 2.05) is 31.0 Å². The number of carboxylic acid groups (broad SMARTS) is 1. The summed E-state index contributed by atoms with van der Waals surface area (Å²) in [5.41, 5.74) is 2.38. The van der Waals surface area contributed by atoms with E-state index in [4.69, 9.17) is 5.11 Å². The molecule has 0 radical (unpaired) electrons. The van der Waals surface area contributed by atoms with E-state index in [9.17, 15) is 9.59 Å². The molecule has 1 aliphatic heterocycles. The maximum atomic E-state index is 12.5. The Balaban J connectivity index is 0.00000364. The summed E-state index contributed by atoms with van der Waals surface area (Å²) in [7, 11) is 1.85. The number of carbonyl (C=O) groups is 2. The van der Waals surface area contributed by atoms with Gasteiger partial charge in [0.15, 0.2) is 0 Å². The minimum atomic E-state index is -0.776. The Morgan fingerprint density at radius 2 is 1.85 bits per heavy atom. The number of benzene rings is 1. The molecule has 6 nitrogen and oxygen atoms in total. The molecular formula is C20H32ClN3O3. The van der Waals surface area contributed by atoms with Crippen molar-refractivity contribution in [1.29, 1.82) is 0 Å². The highest BCUT2D eigenvalue weighted by atomic mass is 35.5. The van der Waals surface area contributed by atoms with Crippen LogP contribution in [0.3, 0.4) is 0 Å². The number of carboxylic acids is 1. The van der Waals surface area contributed by atoms with Gasteiger partial charge < -0.3 is 10.0 Å². The van der Waals surface area contributed by atoms with Gasteiger partial charge in [-0.3, -0.25) is 19.4 Å². The molecule has 1 saturated heterocycles. The topological polar surface area (TPSA) is 64.1 Å². The van der Waals surface area contributed by atoms with E-state index in [2.05, 4.69) is 24.0 Å². The molecule has 1 fully saturated rings. The maximum absolute atomic E-state index is 12.5. The molecule has 1 amide bonds. The Labute approximate surface area is 168 Å². The molecule has 2 rings (SSSR count). The maximum Gasteiger partial charge on any atom is 0.317 e. The number of hydrogen-bond donors (Lipinski definition) is 1. The number of aliphatic carboxylic acids is 1. The zero-order valence-electron chi connectivity index (χ0n) is 16.6. The van der Waals surface area contributed by atoms with Gasteiger partial charge in [0.1, 0.15) is 0 Å². The van der Waals surface area contributed by atoms with Crippen molar-refractivity contribution in [3.05, 3.63) is 35.4 Å². The molecule has 1 heterocycles. The fourth-order valence-electron chi connectivity index (χ4n) is 3.56. The second-order valence-electron chi connectivity index (χ2n) is 7.14. The zero-order chi connectivity index (χ0) is 19.1. The molecule has 0 saturated carbocycles. The number of hydrogen-bond acceptors (Lipinski definition) is 4. The second kappa shape index (κ2) is 11.3. The first-order valence-electron chi connectivity index (χ1n) is 9.37. The van der Waals surface area contributed by atoms with Crippen molar-refractivity contribution >= 4 is 24.3 Å². The van der Waals surface area contributed by atoms with Crippen LogP contribution in [0.25, 0.3) is 0 Å². The molecule has 0 unspecified atom stereocenters. The predicted molar refractivity (Wildman–Crippen MR) is 109 cm³/mol. The number of nitrogens with zero attached hydrogens (tertiary/aromatic N) is 3. The van der Waals surface area contributed by atoms with Gasteiger partial charge in [0.05, 0.1) is 13.1 Å². The molecular weight excluding hydrogens is 366 g/mol. The van der Waals surface area contributed by atoms with Gasteiger partial charge in [0, 0.05) is 32.7 Å². The van der Waals surface area contributed by atoms with Crippen molar-refractivity contribution in [2.75, 3.05) is 39.8 Å². The Bertz CT molecular complexity index is 618. The summed E-state index contributed by atoms with van der Waals surface area (Å²) in [6.07, 6.45) is 1.83. The van der Waals surface area contributed by atoms with Crippen LogP contribution in [-0.4, -0.2) is 77.5 Å². The van der Waals surface area contributed by atoms with E-state index in [1.165, 1.54) is 11.1 Å². The molecule has 0 aliphatic carbocycles. The van der Waals surface area contributed by atoms with Crippen molar-refractivity contribution in [3.8, 4) is 0 Å². The summed E-state index contributed by atoms with van der Waals surface area (Å²) in [4.78, 5) is 29.5. The zero-order valence-corrected chi connectivity index (χ0v) is 17.4. The summed E-state index contributed by atoms with van der Waals surface area (Å²) in [6.45, 7) is 7.64. The quantitative estimate of drug-likeness (QED) is 0.728. The molecule has 1 aliphatic rings. The number of likely N-dealkylation sites (tertiary alicyclic amines) is 1. The molecule has 0 spiro atoms. The van der Waals surface area contributed by atoms with Crippen LogP contribution in [0.5, 0.6) is 0 Å². The number of halogens is 1. The first-order valence-corrected chi connectivity index (χ1v) is 9.37. The van der Waals surface area contributed by atoms with Crippen LogP contribution in [0.2, 0.25) is 0 Å². The molecule has 0 atom stereocenters. The third kappa shape index (κ3) is 7.13. The fourth-order valence-corrected chi connectivity index (χ4v) is 3.56. The summed E-state index contributed by atoms with van der Waals surface area (Å²) in [5, 5.41) is 9.02. The third-order valence-electron chi connectivity index (χ3n) is 5.27. The number of piperidine rings is 1. The average molecular weight is 398 g/mol. The molecule has 7 heteroatoms. The standard InChI is InChI=1S/C20H31N3O3.ClH/c1-4-23(15-20(25)26)18-9-11-22(12-10-18)14-19(24)21(3)13-17-8-6-5-7-16(17)2;/h5-8,18H,4,9-15H2,1-3H3,(H,25,26);1H. The molecule has 1 aromatic rings. The van der Waals surface area contributed by atoms with Crippen LogP contribution in [-0.2, 0) is 16.1 Å². The predicted octanol–water partition coefficient (Wildman–Crippen LogP) is 2.25. The molecule has 152 valence electrons. The van der Waals surface area contributed by atoms with Gasteiger partial charge in [-0.15, -0.1) is 12.4 Å². The number of carbonyl (C=O) groups excluding carboxylic acids is 1. The van der Waals surface area contributed by atoms with Gasteiger partial charge in [-0.2, -0.15) is 0 Å². The van der Waals surface area contributed by atoms with Crippen molar-refractivity contribution in [3.63, 3.8) is 0 Å². The number of likely N-dealkylation sites (N-methyl/N-ethyl adjacent to an activating group) is 2. The molecule has 0 bridgehead atoms. The normalized spacial score (nSPS) is 15.4. The van der Waals surface area contributed by atoms with Crippen LogP contribution >= 0.6 is 12.4 Å². The van der Waals surface area contributed by atoms with Crippen LogP contribution in [0.4, 0.5) is 0 Å². The van der Waals surface area contributed by atoms with Gasteiger partial charge >= 0.3 is 5.97 Å². The van der Waals surface area contributed by atoms with Crippen LogP contribution in [0.1, 0.15) is 30.9 Å². The lowest BCUT2D eigenvalue weighted by molar-refractivity contribution is -0.139. The van der Waals surface area contributed by atoms with E-state index in [1.54, 1.807) is 4.90 Å². The molecule has 27 heavy (non-hydrogen) atoms. The minimum absolute atomic E-state index is 0. The summed E-state index contributed by atoms with van der Waals surface area (Å²) < 4.78 is 0. The highest BCUT2D eigenvalue weighted by molar-refractivity contribution is 5.85. The highest BCUT2D eigenvalue weighted by Gasteiger charge is 2.26. The number of aryl methyl sites for hydroxylation is 1. The first-order chi connectivity index (χ1) is 12.4. The smallest absolute Gasteiger partial charge is 0.317 e. The van der Waals surface area contributed by atoms with Crippen LogP contribution in [0, 0.1) is 6.92 Å². The third-order valence-corrected chi connectivity index (χ3v) is 5.27. The average Bonchev–Trinajstić information content (AvgIpc) is 2.62. The summed E-state index contributed by atoms with van der Waals surface area (Å²) in [6, 6.07) is 8.44. The lowest BCUT2D eigenvalue weighted by Crippen LogP contribution is -2.48. The largest absolute Gasteiger partial charge is 0.480 e. The Hall–Kier alpha value is -1.63. The van der Waals surface area contributed by atoms with Gasteiger partial charge in [0.25, 0.3) is 0 Å². The van der Waals surface area contributed by atoms with Crippen LogP contribution < -0.4 is 0 Å². The lowest BCUT2D eigenvalue weighted by Gasteiger charge is -2.37. The highest BCUT2D eigenvalue weighted by Crippen LogP contribution is 2.17. The van der Waals surface area contributed by atoms with Crippen molar-refractivity contribution in [2.45, 2.75) is 39.3 Å². The van der Waals surface area contributed by atoms with Gasteiger partial charge in [0.2, 0.25) is 5.91 Å². The molecule has 0 aromatic heterocycles. The Morgan fingerprint density at radius 1 is 1.22 bits per heavy atom. The van der Waals surface area contributed by atoms with Crippen molar-refractivity contribution in [1.82, 2.24) is 14.7 Å². The van der Waals surface area contributed by atoms with E-state index in [0.29, 0.717) is 19.1 Å². The van der Waals surface area contributed by atoms with Crippen LogP contribution in [0.15, 0.2) is 24.3 Å². The number of rotatable bonds is 8. The monoisotopic (exact) mass is 397 g/mol. The Kier molecular flexibility index (Phi) is 9.77. The van der Waals surface area contributed by atoms with Crippen molar-refractivity contribution in [2.24, 2.45) is 0 Å². The van der Waals surface area contributed by atoms with Gasteiger partial charge in [-0.25, -0.2) is 0 Å². The van der Waals surface area contributed by atoms with E-state index in [-0.39, 0.29) is 24.9 Å². The number of amides is 1. The first kappa shape index (κ1) is 23.4.